The number of benzene rings is 1. The molecule has 2 nitrogen and oxygen atoms in total. The molecule has 4 heteroatoms. The second kappa shape index (κ2) is 6.17. The zero-order valence-electron chi connectivity index (χ0n) is 11.5. The fourth-order valence-electron chi connectivity index (χ4n) is 2.80. The summed E-state index contributed by atoms with van der Waals surface area (Å²) < 4.78 is 6.17. The van der Waals surface area contributed by atoms with Gasteiger partial charge in [-0.25, -0.2) is 0 Å². The van der Waals surface area contributed by atoms with Crippen LogP contribution in [0.25, 0.3) is 0 Å². The van der Waals surface area contributed by atoms with Crippen LogP contribution in [0.2, 0.25) is 4.34 Å². The topological polar surface area (TPSA) is 21.3 Å². The number of halogens is 1. The second-order valence-corrected chi connectivity index (χ2v) is 6.88. The van der Waals surface area contributed by atoms with Crippen molar-refractivity contribution in [1.29, 1.82) is 0 Å². The van der Waals surface area contributed by atoms with Crippen LogP contribution in [0.15, 0.2) is 30.3 Å². The number of rotatable bonds is 4. The van der Waals surface area contributed by atoms with Gasteiger partial charge >= 0.3 is 0 Å². The highest BCUT2D eigenvalue weighted by Gasteiger charge is 2.23. The Morgan fingerprint density at radius 2 is 2.25 bits per heavy atom. The van der Waals surface area contributed by atoms with E-state index in [9.17, 15) is 0 Å². The highest BCUT2D eigenvalue weighted by molar-refractivity contribution is 7.16. The molecule has 1 unspecified atom stereocenters. The van der Waals surface area contributed by atoms with Crippen LogP contribution >= 0.6 is 22.9 Å². The fourth-order valence-corrected chi connectivity index (χ4v) is 4.19. The van der Waals surface area contributed by atoms with E-state index in [1.807, 2.05) is 6.07 Å². The maximum atomic E-state index is 6.17. The molecule has 106 valence electrons. The van der Waals surface area contributed by atoms with Crippen molar-refractivity contribution >= 4 is 28.6 Å². The van der Waals surface area contributed by atoms with Gasteiger partial charge in [0.25, 0.3) is 0 Å². The van der Waals surface area contributed by atoms with Crippen molar-refractivity contribution < 1.29 is 4.74 Å². The first-order valence-corrected chi connectivity index (χ1v) is 8.09. The van der Waals surface area contributed by atoms with Crippen molar-refractivity contribution in [3.05, 3.63) is 50.7 Å². The highest BCUT2D eigenvalue weighted by atomic mass is 35.5. The average Bonchev–Trinajstić information content (AvgIpc) is 2.83. The molecule has 0 amide bonds. The highest BCUT2D eigenvalue weighted by Crippen LogP contribution is 2.39. The van der Waals surface area contributed by atoms with E-state index >= 15 is 0 Å². The van der Waals surface area contributed by atoms with E-state index in [1.54, 1.807) is 18.4 Å². The largest absolute Gasteiger partial charge is 0.380 e. The maximum Gasteiger partial charge on any atom is 0.0934 e. The van der Waals surface area contributed by atoms with Crippen LogP contribution in [-0.2, 0) is 17.8 Å². The normalized spacial score (nSPS) is 17.8. The van der Waals surface area contributed by atoms with Gasteiger partial charge in [0.1, 0.15) is 0 Å². The lowest BCUT2D eigenvalue weighted by molar-refractivity contribution is 0.185. The molecule has 0 fully saturated rings. The van der Waals surface area contributed by atoms with E-state index in [2.05, 4.69) is 29.6 Å². The molecule has 0 aliphatic heterocycles. The first-order chi connectivity index (χ1) is 9.78. The first-order valence-electron chi connectivity index (χ1n) is 6.89. The number of hydrogen-bond donors (Lipinski definition) is 1. The van der Waals surface area contributed by atoms with Gasteiger partial charge in [0.05, 0.1) is 17.0 Å². The summed E-state index contributed by atoms with van der Waals surface area (Å²) in [6.07, 6.45) is 3.53. The number of hydrogen-bond acceptors (Lipinski definition) is 3. The van der Waals surface area contributed by atoms with Gasteiger partial charge in [0.2, 0.25) is 0 Å². The summed E-state index contributed by atoms with van der Waals surface area (Å²) >= 11 is 7.89. The van der Waals surface area contributed by atoms with Gasteiger partial charge in [-0.3, -0.25) is 0 Å². The standard InChI is InChI=1S/C16H18ClNOS/c1-19-10-11-5-2-3-6-13(11)18-14-7-4-8-15-12(14)9-16(17)20-15/h2-3,5-6,9,14,18H,4,7-8,10H2,1H3. The molecule has 1 atom stereocenters. The molecule has 3 rings (SSSR count). The molecule has 20 heavy (non-hydrogen) atoms. The molecule has 0 radical (unpaired) electrons. The number of thiophene rings is 1. The molecule has 1 aromatic carbocycles. The van der Waals surface area contributed by atoms with Gasteiger partial charge in [-0.1, -0.05) is 29.8 Å². The number of aryl methyl sites for hydroxylation is 1. The van der Waals surface area contributed by atoms with Gasteiger partial charge in [0.15, 0.2) is 0 Å². The van der Waals surface area contributed by atoms with E-state index in [0.717, 1.165) is 22.9 Å². The number of nitrogens with one attached hydrogen (secondary N) is 1. The molecular weight excluding hydrogens is 290 g/mol. The Balaban J connectivity index is 1.85. The van der Waals surface area contributed by atoms with Gasteiger partial charge in [-0.15, -0.1) is 11.3 Å². The Bertz CT molecular complexity index is 596. The summed E-state index contributed by atoms with van der Waals surface area (Å²) in [7, 11) is 1.73. The molecule has 1 aliphatic carbocycles. The van der Waals surface area contributed by atoms with E-state index in [-0.39, 0.29) is 0 Å². The molecule has 2 aromatic rings. The number of anilines is 1. The van der Waals surface area contributed by atoms with Crippen molar-refractivity contribution in [1.82, 2.24) is 0 Å². The smallest absolute Gasteiger partial charge is 0.0934 e. The summed E-state index contributed by atoms with van der Waals surface area (Å²) in [4.78, 5) is 1.43. The number of para-hydroxylation sites is 1. The molecular formula is C16H18ClNOS. The van der Waals surface area contributed by atoms with E-state index in [0.29, 0.717) is 12.6 Å². The van der Waals surface area contributed by atoms with Crippen molar-refractivity contribution in [3.63, 3.8) is 0 Å². The van der Waals surface area contributed by atoms with Gasteiger partial charge < -0.3 is 10.1 Å². The van der Waals surface area contributed by atoms with E-state index in [4.69, 9.17) is 16.3 Å². The van der Waals surface area contributed by atoms with Crippen molar-refractivity contribution in [2.45, 2.75) is 31.9 Å². The number of methoxy groups -OCH3 is 1. The fraction of sp³-hybridized carbons (Fsp3) is 0.375. The lowest BCUT2D eigenvalue weighted by Crippen LogP contribution is -2.16. The summed E-state index contributed by atoms with van der Waals surface area (Å²) in [5, 5.41) is 3.67. The molecule has 1 aromatic heterocycles. The Morgan fingerprint density at radius 1 is 1.40 bits per heavy atom. The zero-order valence-corrected chi connectivity index (χ0v) is 13.1. The third-order valence-corrected chi connectivity index (χ3v) is 5.07. The minimum absolute atomic E-state index is 0.362. The maximum absolute atomic E-state index is 6.17. The monoisotopic (exact) mass is 307 g/mol. The molecule has 0 saturated heterocycles. The Hall–Kier alpha value is -1.03. The van der Waals surface area contributed by atoms with Gasteiger partial charge in [0, 0.05) is 23.2 Å². The quantitative estimate of drug-likeness (QED) is 0.854. The van der Waals surface area contributed by atoms with Crippen molar-refractivity contribution in [2.75, 3.05) is 12.4 Å². The SMILES string of the molecule is COCc1ccccc1NC1CCCc2sc(Cl)cc21. The van der Waals surface area contributed by atoms with E-state index in [1.165, 1.54) is 22.4 Å². The van der Waals surface area contributed by atoms with Crippen LogP contribution in [0.1, 0.15) is 34.9 Å². The Kier molecular flexibility index (Phi) is 4.29. The molecule has 0 spiro atoms. The minimum Gasteiger partial charge on any atom is -0.380 e. The summed E-state index contributed by atoms with van der Waals surface area (Å²) in [5.74, 6) is 0. The number of ether oxygens (including phenoxy) is 1. The van der Waals surface area contributed by atoms with Crippen molar-refractivity contribution in [3.8, 4) is 0 Å². The van der Waals surface area contributed by atoms with Crippen LogP contribution in [-0.4, -0.2) is 7.11 Å². The van der Waals surface area contributed by atoms with Gasteiger partial charge in [-0.05, 0) is 37.0 Å². The van der Waals surface area contributed by atoms with Crippen LogP contribution in [0, 0.1) is 0 Å². The van der Waals surface area contributed by atoms with Crippen molar-refractivity contribution in [2.24, 2.45) is 0 Å². The lowest BCUT2D eigenvalue weighted by Gasteiger charge is -2.25. The molecule has 1 N–H and O–H groups in total. The lowest BCUT2D eigenvalue weighted by atomic mass is 9.93. The summed E-state index contributed by atoms with van der Waals surface area (Å²) in [6, 6.07) is 10.8. The first kappa shape index (κ1) is 13.9. The summed E-state index contributed by atoms with van der Waals surface area (Å²) in [6.45, 7) is 0.632. The number of fused-ring (bicyclic) bond motifs is 1. The summed E-state index contributed by atoms with van der Waals surface area (Å²) in [5.41, 5.74) is 3.73. The van der Waals surface area contributed by atoms with Crippen LogP contribution < -0.4 is 5.32 Å². The Labute approximate surface area is 128 Å². The molecule has 1 heterocycles. The van der Waals surface area contributed by atoms with Gasteiger partial charge in [-0.2, -0.15) is 0 Å². The van der Waals surface area contributed by atoms with Crippen LogP contribution in [0.3, 0.4) is 0 Å². The van der Waals surface area contributed by atoms with E-state index < -0.39 is 0 Å². The third-order valence-electron chi connectivity index (χ3n) is 3.73. The van der Waals surface area contributed by atoms with Crippen LogP contribution in [0.5, 0.6) is 0 Å². The predicted octanol–water partition coefficient (Wildman–Crippen LogP) is 5.04. The molecule has 1 aliphatic rings. The second-order valence-electron chi connectivity index (χ2n) is 5.11. The third kappa shape index (κ3) is 2.85. The predicted molar refractivity (Wildman–Crippen MR) is 85.8 cm³/mol. The average molecular weight is 308 g/mol. The zero-order chi connectivity index (χ0) is 13.9. The molecule has 0 saturated carbocycles. The van der Waals surface area contributed by atoms with Crippen LogP contribution in [0.4, 0.5) is 5.69 Å². The molecule has 0 bridgehead atoms. The minimum atomic E-state index is 0.362. The Morgan fingerprint density at radius 3 is 3.10 bits per heavy atom.